The van der Waals surface area contributed by atoms with E-state index in [9.17, 15) is 0 Å². The van der Waals surface area contributed by atoms with Gasteiger partial charge in [0.1, 0.15) is 6.73 Å². The standard InChI is InChI=1S/C10H20N2O2Si.Li.H/c1-15(2,3)5-4-14-9-12-7-10(8-13)6-11-12;;/h6-7,13H,4-5,8-9H2,1-3H3;;. The fourth-order valence-corrected chi connectivity index (χ4v) is 1.85. The van der Waals surface area contributed by atoms with Crippen LogP contribution in [0.4, 0.5) is 0 Å². The molecule has 0 atom stereocenters. The number of aromatic nitrogens is 2. The van der Waals surface area contributed by atoms with Crippen LogP contribution in [-0.4, -0.2) is 48.4 Å². The zero-order chi connectivity index (χ0) is 11.3. The van der Waals surface area contributed by atoms with Crippen molar-refractivity contribution in [3.63, 3.8) is 0 Å². The first-order valence-electron chi connectivity index (χ1n) is 5.21. The maximum absolute atomic E-state index is 8.84. The Hall–Kier alpha value is -0.0557. The van der Waals surface area contributed by atoms with Crippen molar-refractivity contribution in [1.29, 1.82) is 0 Å². The van der Waals surface area contributed by atoms with Crippen molar-refractivity contribution in [3.05, 3.63) is 18.0 Å². The van der Waals surface area contributed by atoms with E-state index in [1.807, 2.05) is 0 Å². The molecule has 0 fully saturated rings. The fourth-order valence-electron chi connectivity index (χ4n) is 1.10. The summed E-state index contributed by atoms with van der Waals surface area (Å²) in [5.74, 6) is 0. The molecule has 1 heterocycles. The third-order valence-electron chi connectivity index (χ3n) is 2.09. The minimum atomic E-state index is -0.992. The van der Waals surface area contributed by atoms with Crippen molar-refractivity contribution in [1.82, 2.24) is 9.78 Å². The molecule has 88 valence electrons. The summed E-state index contributed by atoms with van der Waals surface area (Å²) >= 11 is 0. The van der Waals surface area contributed by atoms with E-state index in [0.29, 0.717) is 6.73 Å². The first kappa shape index (κ1) is 15.9. The Bertz CT molecular complexity index is 299. The second-order valence-electron chi connectivity index (χ2n) is 4.89. The Morgan fingerprint density at radius 2 is 2.12 bits per heavy atom. The topological polar surface area (TPSA) is 47.3 Å². The number of ether oxygens (including phenoxy) is 1. The summed E-state index contributed by atoms with van der Waals surface area (Å²) in [6, 6.07) is 1.17. The van der Waals surface area contributed by atoms with Crippen molar-refractivity contribution in [2.75, 3.05) is 6.61 Å². The molecule has 0 spiro atoms. The van der Waals surface area contributed by atoms with Crippen molar-refractivity contribution >= 4 is 26.9 Å². The molecule has 0 aliphatic rings. The van der Waals surface area contributed by atoms with Crippen LogP contribution in [0.5, 0.6) is 0 Å². The van der Waals surface area contributed by atoms with Crippen molar-refractivity contribution in [2.24, 2.45) is 0 Å². The maximum atomic E-state index is 8.84. The molecule has 0 unspecified atom stereocenters. The molecular weight excluding hydrogens is 215 g/mol. The summed E-state index contributed by atoms with van der Waals surface area (Å²) in [7, 11) is -0.992. The van der Waals surface area contributed by atoms with Gasteiger partial charge in [0.2, 0.25) is 0 Å². The zero-order valence-electron chi connectivity index (χ0n) is 9.73. The van der Waals surface area contributed by atoms with Gasteiger partial charge in [-0.1, -0.05) is 19.6 Å². The average Bonchev–Trinajstić information content (AvgIpc) is 2.59. The van der Waals surface area contributed by atoms with Crippen LogP contribution in [-0.2, 0) is 18.1 Å². The van der Waals surface area contributed by atoms with E-state index < -0.39 is 8.07 Å². The molecule has 0 aliphatic carbocycles. The molecule has 1 aromatic rings. The summed E-state index contributed by atoms with van der Waals surface area (Å²) in [4.78, 5) is 0. The van der Waals surface area contributed by atoms with E-state index in [4.69, 9.17) is 9.84 Å². The number of hydrogen-bond donors (Lipinski definition) is 1. The Morgan fingerprint density at radius 1 is 1.44 bits per heavy atom. The average molecular weight is 236 g/mol. The molecule has 4 nitrogen and oxygen atoms in total. The molecule has 0 radical (unpaired) electrons. The molecule has 0 saturated heterocycles. The monoisotopic (exact) mass is 236 g/mol. The second-order valence-corrected chi connectivity index (χ2v) is 10.5. The summed E-state index contributed by atoms with van der Waals surface area (Å²) in [6.45, 7) is 8.29. The molecular formula is C10H21LiN2O2Si. The minimum absolute atomic E-state index is 0. The molecule has 16 heavy (non-hydrogen) atoms. The number of aliphatic hydroxyl groups is 1. The van der Waals surface area contributed by atoms with Gasteiger partial charge in [-0.15, -0.1) is 0 Å². The SMILES string of the molecule is C[Si](C)(C)CCOCn1cc(CO)cn1.[LiH]. The van der Waals surface area contributed by atoms with Gasteiger partial charge < -0.3 is 9.84 Å². The number of rotatable bonds is 6. The van der Waals surface area contributed by atoms with Crippen molar-refractivity contribution in [2.45, 2.75) is 39.0 Å². The molecule has 0 amide bonds. The van der Waals surface area contributed by atoms with Gasteiger partial charge in [-0.3, -0.25) is 0 Å². The second kappa shape index (κ2) is 7.31. The molecule has 0 saturated carbocycles. The molecule has 1 aromatic heterocycles. The summed E-state index contributed by atoms with van der Waals surface area (Å²) in [5.41, 5.74) is 0.823. The van der Waals surface area contributed by atoms with Gasteiger partial charge in [-0.25, -0.2) is 4.68 Å². The number of aliphatic hydroxyl groups excluding tert-OH is 1. The van der Waals surface area contributed by atoms with Gasteiger partial charge in [0.25, 0.3) is 0 Å². The molecule has 6 heteroatoms. The van der Waals surface area contributed by atoms with Crippen LogP contribution < -0.4 is 0 Å². The molecule has 0 bridgehead atoms. The van der Waals surface area contributed by atoms with E-state index >= 15 is 0 Å². The molecule has 1 N–H and O–H groups in total. The first-order chi connectivity index (χ1) is 7.01. The Morgan fingerprint density at radius 3 is 2.62 bits per heavy atom. The fraction of sp³-hybridized carbons (Fsp3) is 0.700. The van der Waals surface area contributed by atoms with E-state index in [1.54, 1.807) is 17.1 Å². The Labute approximate surface area is 110 Å². The Balaban J connectivity index is 0.00000225. The summed E-state index contributed by atoms with van der Waals surface area (Å²) in [5, 5.41) is 12.9. The van der Waals surface area contributed by atoms with Crippen LogP contribution in [0.1, 0.15) is 5.56 Å². The van der Waals surface area contributed by atoms with E-state index in [1.165, 1.54) is 6.04 Å². The quantitative estimate of drug-likeness (QED) is 0.593. The zero-order valence-corrected chi connectivity index (χ0v) is 10.7. The van der Waals surface area contributed by atoms with Crippen LogP contribution in [0.3, 0.4) is 0 Å². The number of hydrogen-bond acceptors (Lipinski definition) is 3. The van der Waals surface area contributed by atoms with E-state index in [2.05, 4.69) is 24.7 Å². The van der Waals surface area contributed by atoms with Gasteiger partial charge >= 0.3 is 18.9 Å². The van der Waals surface area contributed by atoms with E-state index in [0.717, 1.165) is 12.2 Å². The molecule has 0 aliphatic heterocycles. The third kappa shape index (κ3) is 6.51. The predicted molar refractivity (Wildman–Crippen MR) is 69.4 cm³/mol. The third-order valence-corrected chi connectivity index (χ3v) is 3.79. The van der Waals surface area contributed by atoms with Crippen LogP contribution in [0.15, 0.2) is 12.4 Å². The number of nitrogens with zero attached hydrogens (tertiary/aromatic N) is 2. The van der Waals surface area contributed by atoms with Gasteiger partial charge in [-0.2, -0.15) is 5.10 Å². The van der Waals surface area contributed by atoms with Gasteiger partial charge in [0, 0.05) is 26.4 Å². The van der Waals surface area contributed by atoms with Gasteiger partial charge in [0.15, 0.2) is 0 Å². The van der Waals surface area contributed by atoms with Crippen molar-refractivity contribution in [3.8, 4) is 0 Å². The Kier molecular flexibility index (Phi) is 7.28. The summed E-state index contributed by atoms with van der Waals surface area (Å²) in [6.07, 6.45) is 3.45. The van der Waals surface area contributed by atoms with Gasteiger partial charge in [-0.05, 0) is 6.04 Å². The molecule has 0 aromatic carbocycles. The van der Waals surface area contributed by atoms with Crippen molar-refractivity contribution < 1.29 is 9.84 Å². The normalized spacial score (nSPS) is 11.2. The van der Waals surface area contributed by atoms with Crippen LogP contribution in [0.2, 0.25) is 25.7 Å². The first-order valence-corrected chi connectivity index (χ1v) is 8.92. The summed E-state index contributed by atoms with van der Waals surface area (Å²) < 4.78 is 7.21. The van der Waals surface area contributed by atoms with Crippen LogP contribution in [0, 0.1) is 0 Å². The predicted octanol–water partition coefficient (Wildman–Crippen LogP) is 1.04. The molecule has 1 rings (SSSR count). The van der Waals surface area contributed by atoms with E-state index in [-0.39, 0.29) is 25.5 Å². The van der Waals surface area contributed by atoms with Crippen LogP contribution in [0.25, 0.3) is 0 Å². The van der Waals surface area contributed by atoms with Gasteiger partial charge in [0.05, 0.1) is 12.8 Å². The van der Waals surface area contributed by atoms with Crippen LogP contribution >= 0.6 is 0 Å².